The van der Waals surface area contributed by atoms with Crippen molar-refractivity contribution in [2.45, 2.75) is 24.8 Å². The minimum atomic E-state index is -0.924. The molecule has 1 aromatic carbocycles. The van der Waals surface area contributed by atoms with Crippen molar-refractivity contribution in [3.05, 3.63) is 34.7 Å². The summed E-state index contributed by atoms with van der Waals surface area (Å²) in [4.78, 5) is 38.6. The van der Waals surface area contributed by atoms with Crippen LogP contribution >= 0.6 is 23.5 Å². The molecule has 1 aromatic rings. The molecule has 0 aromatic heterocycles. The van der Waals surface area contributed by atoms with Gasteiger partial charge in [-0.15, -0.1) is 11.8 Å². The number of nitrogens with zero attached hydrogens (tertiary/aromatic N) is 1. The SMILES string of the molecule is CCOC(=O)[C@H](C)N1C(=O)S/C(=C\c2ccc(SC)cc2)C1=O. The number of hydrogen-bond acceptors (Lipinski definition) is 6. The average Bonchev–Trinajstić information content (AvgIpc) is 2.81. The van der Waals surface area contributed by atoms with E-state index in [4.69, 9.17) is 4.74 Å². The van der Waals surface area contributed by atoms with Crippen LogP contribution in [0.4, 0.5) is 4.79 Å². The maximum atomic E-state index is 12.4. The van der Waals surface area contributed by atoms with Gasteiger partial charge in [-0.1, -0.05) is 12.1 Å². The van der Waals surface area contributed by atoms with Gasteiger partial charge in [0.25, 0.3) is 11.1 Å². The highest BCUT2D eigenvalue weighted by Crippen LogP contribution is 2.34. The molecule has 0 saturated carbocycles. The van der Waals surface area contributed by atoms with Crippen LogP contribution in [-0.4, -0.2) is 40.9 Å². The first-order valence-electron chi connectivity index (χ1n) is 7.05. The molecule has 7 heteroatoms. The summed E-state index contributed by atoms with van der Waals surface area (Å²) in [6.45, 7) is 3.37. The summed E-state index contributed by atoms with van der Waals surface area (Å²) in [5, 5.41) is -0.456. The van der Waals surface area contributed by atoms with Gasteiger partial charge >= 0.3 is 5.97 Å². The minimum absolute atomic E-state index is 0.205. The van der Waals surface area contributed by atoms with Crippen molar-refractivity contribution < 1.29 is 19.1 Å². The first kappa shape index (κ1) is 17.6. The van der Waals surface area contributed by atoms with Gasteiger partial charge in [-0.05, 0) is 55.6 Å². The van der Waals surface area contributed by atoms with Gasteiger partial charge in [0.2, 0.25) is 0 Å². The summed E-state index contributed by atoms with van der Waals surface area (Å²) in [6.07, 6.45) is 3.64. The summed E-state index contributed by atoms with van der Waals surface area (Å²) in [5.74, 6) is -1.05. The van der Waals surface area contributed by atoms with Crippen LogP contribution in [0.2, 0.25) is 0 Å². The smallest absolute Gasteiger partial charge is 0.329 e. The van der Waals surface area contributed by atoms with E-state index >= 15 is 0 Å². The number of thioether (sulfide) groups is 2. The average molecular weight is 351 g/mol. The zero-order valence-corrected chi connectivity index (χ0v) is 14.7. The van der Waals surface area contributed by atoms with E-state index in [9.17, 15) is 14.4 Å². The summed E-state index contributed by atoms with van der Waals surface area (Å²) in [7, 11) is 0. The number of carbonyl (C=O) groups excluding carboxylic acids is 3. The number of hydrogen-bond donors (Lipinski definition) is 0. The number of imide groups is 1. The van der Waals surface area contributed by atoms with E-state index < -0.39 is 23.2 Å². The standard InChI is InChI=1S/C16H17NO4S2/c1-4-21-15(19)10(2)17-14(18)13(23-16(17)20)9-11-5-7-12(22-3)8-6-11/h5-10H,4H2,1-3H3/b13-9-/t10-/m0/s1. The van der Waals surface area contributed by atoms with Crippen molar-refractivity contribution in [2.75, 3.05) is 12.9 Å². The van der Waals surface area contributed by atoms with Gasteiger partial charge in [0.1, 0.15) is 6.04 Å². The van der Waals surface area contributed by atoms with Crippen molar-refractivity contribution in [3.63, 3.8) is 0 Å². The van der Waals surface area contributed by atoms with Crippen molar-refractivity contribution in [1.82, 2.24) is 4.90 Å². The Morgan fingerprint density at radius 2 is 2.00 bits per heavy atom. The zero-order valence-electron chi connectivity index (χ0n) is 13.1. The lowest BCUT2D eigenvalue weighted by Gasteiger charge is -2.19. The highest BCUT2D eigenvalue weighted by Gasteiger charge is 2.41. The minimum Gasteiger partial charge on any atom is -0.464 e. The second-order valence-electron chi connectivity index (χ2n) is 4.75. The van der Waals surface area contributed by atoms with Gasteiger partial charge in [-0.3, -0.25) is 14.5 Å². The summed E-state index contributed by atoms with van der Waals surface area (Å²) < 4.78 is 4.88. The predicted molar refractivity (Wildman–Crippen MR) is 92.1 cm³/mol. The highest BCUT2D eigenvalue weighted by molar-refractivity contribution is 8.18. The molecule has 2 rings (SSSR count). The Bertz CT molecular complexity index is 655. The van der Waals surface area contributed by atoms with Gasteiger partial charge in [0.05, 0.1) is 11.5 Å². The lowest BCUT2D eigenvalue weighted by atomic mass is 10.2. The molecular weight excluding hydrogens is 334 g/mol. The lowest BCUT2D eigenvalue weighted by Crippen LogP contribution is -2.42. The van der Waals surface area contributed by atoms with Crippen LogP contribution in [0.5, 0.6) is 0 Å². The topological polar surface area (TPSA) is 63.7 Å². The van der Waals surface area contributed by atoms with Crippen molar-refractivity contribution in [2.24, 2.45) is 0 Å². The third-order valence-electron chi connectivity index (χ3n) is 3.25. The predicted octanol–water partition coefficient (Wildman–Crippen LogP) is 3.40. The highest BCUT2D eigenvalue weighted by atomic mass is 32.2. The monoisotopic (exact) mass is 351 g/mol. The molecule has 1 heterocycles. The molecule has 2 amide bonds. The fourth-order valence-corrected chi connectivity index (χ4v) is 3.35. The van der Waals surface area contributed by atoms with E-state index in [2.05, 4.69) is 0 Å². The molecule has 1 fully saturated rings. The first-order chi connectivity index (χ1) is 11.0. The molecule has 0 unspecified atom stereocenters. The molecule has 5 nitrogen and oxygen atoms in total. The number of carbonyl (C=O) groups is 3. The molecule has 0 radical (unpaired) electrons. The Kier molecular flexibility index (Phi) is 5.90. The van der Waals surface area contributed by atoms with Crippen LogP contribution in [0.25, 0.3) is 6.08 Å². The number of benzene rings is 1. The molecule has 1 atom stereocenters. The molecule has 0 aliphatic carbocycles. The Balaban J connectivity index is 2.19. The van der Waals surface area contributed by atoms with Crippen LogP contribution in [0.1, 0.15) is 19.4 Å². The summed E-state index contributed by atoms with van der Waals surface area (Å²) in [6, 6.07) is 6.74. The molecule has 122 valence electrons. The van der Waals surface area contributed by atoms with Crippen LogP contribution in [0.3, 0.4) is 0 Å². The first-order valence-corrected chi connectivity index (χ1v) is 9.09. The van der Waals surface area contributed by atoms with E-state index in [1.807, 2.05) is 30.5 Å². The van der Waals surface area contributed by atoms with Gasteiger partial charge in [-0.25, -0.2) is 4.79 Å². The van der Waals surface area contributed by atoms with E-state index in [0.717, 1.165) is 27.1 Å². The van der Waals surface area contributed by atoms with Crippen molar-refractivity contribution in [3.8, 4) is 0 Å². The number of rotatable bonds is 5. The molecular formula is C16H17NO4S2. The van der Waals surface area contributed by atoms with E-state index in [1.165, 1.54) is 6.92 Å². The molecule has 0 N–H and O–H groups in total. The Morgan fingerprint density at radius 1 is 1.35 bits per heavy atom. The fourth-order valence-electron chi connectivity index (χ4n) is 2.03. The van der Waals surface area contributed by atoms with Crippen LogP contribution < -0.4 is 0 Å². The van der Waals surface area contributed by atoms with Gasteiger partial charge in [0.15, 0.2) is 0 Å². The second-order valence-corrected chi connectivity index (χ2v) is 6.63. The van der Waals surface area contributed by atoms with Gasteiger partial charge in [0, 0.05) is 4.90 Å². The summed E-state index contributed by atoms with van der Waals surface area (Å²) >= 11 is 2.46. The van der Waals surface area contributed by atoms with Crippen LogP contribution in [0.15, 0.2) is 34.1 Å². The molecule has 0 bridgehead atoms. The Labute approximate surface area is 143 Å². The number of amides is 2. The van der Waals surface area contributed by atoms with E-state index in [-0.39, 0.29) is 6.61 Å². The maximum Gasteiger partial charge on any atom is 0.329 e. The number of esters is 1. The normalized spacial score (nSPS) is 17.7. The largest absolute Gasteiger partial charge is 0.464 e. The second kappa shape index (κ2) is 7.70. The van der Waals surface area contributed by atoms with Crippen molar-refractivity contribution >= 4 is 46.7 Å². The van der Waals surface area contributed by atoms with Gasteiger partial charge < -0.3 is 4.74 Å². The zero-order chi connectivity index (χ0) is 17.0. The lowest BCUT2D eigenvalue weighted by molar-refractivity contribution is -0.150. The third kappa shape index (κ3) is 3.97. The number of ether oxygens (including phenoxy) is 1. The Hall–Kier alpha value is -1.73. The van der Waals surface area contributed by atoms with Crippen LogP contribution in [0, 0.1) is 0 Å². The van der Waals surface area contributed by atoms with E-state index in [1.54, 1.807) is 24.8 Å². The molecule has 1 aliphatic heterocycles. The van der Waals surface area contributed by atoms with Crippen molar-refractivity contribution in [1.29, 1.82) is 0 Å². The maximum absolute atomic E-state index is 12.4. The van der Waals surface area contributed by atoms with E-state index in [0.29, 0.717) is 4.91 Å². The molecule has 23 heavy (non-hydrogen) atoms. The molecule has 0 spiro atoms. The molecule has 1 aliphatic rings. The Morgan fingerprint density at radius 3 is 2.57 bits per heavy atom. The third-order valence-corrected chi connectivity index (χ3v) is 4.88. The quantitative estimate of drug-likeness (QED) is 0.460. The van der Waals surface area contributed by atoms with Gasteiger partial charge in [-0.2, -0.15) is 0 Å². The van der Waals surface area contributed by atoms with Crippen LogP contribution in [-0.2, 0) is 14.3 Å². The fraction of sp³-hybridized carbons (Fsp3) is 0.312. The summed E-state index contributed by atoms with van der Waals surface area (Å²) in [5.41, 5.74) is 0.831. The molecule has 1 saturated heterocycles.